The molecule has 2 aromatic carbocycles. The molecular formula is C22H25FN4O2. The Morgan fingerprint density at radius 3 is 2.55 bits per heavy atom. The lowest BCUT2D eigenvalue weighted by atomic mass is 9.80. The topological polar surface area (TPSA) is 80.0 Å². The number of rotatable bonds is 5. The van der Waals surface area contributed by atoms with Crippen LogP contribution in [-0.2, 0) is 10.3 Å². The van der Waals surface area contributed by atoms with E-state index in [0.717, 1.165) is 24.2 Å². The molecule has 2 atom stereocenters. The number of hydrogen-bond acceptors (Lipinski definition) is 5. The van der Waals surface area contributed by atoms with Gasteiger partial charge in [-0.15, -0.1) is 0 Å². The molecule has 0 aliphatic carbocycles. The molecule has 2 aliphatic heterocycles. The van der Waals surface area contributed by atoms with E-state index in [0.29, 0.717) is 17.2 Å². The summed E-state index contributed by atoms with van der Waals surface area (Å²) in [7, 11) is 1.62. The number of nitrogens with zero attached hydrogens (tertiary/aromatic N) is 2. The van der Waals surface area contributed by atoms with Crippen molar-refractivity contribution in [3.8, 4) is 5.75 Å². The maximum Gasteiger partial charge on any atom is 0.266 e. The van der Waals surface area contributed by atoms with Crippen LogP contribution in [0.4, 0.5) is 4.39 Å². The van der Waals surface area contributed by atoms with Gasteiger partial charge in [0.15, 0.2) is 11.5 Å². The minimum Gasteiger partial charge on any atom is -0.460 e. The highest BCUT2D eigenvalue weighted by Crippen LogP contribution is 2.41. The van der Waals surface area contributed by atoms with Gasteiger partial charge in [0.05, 0.1) is 0 Å². The van der Waals surface area contributed by atoms with Crippen molar-refractivity contribution in [1.82, 2.24) is 10.2 Å². The second kappa shape index (κ2) is 7.15. The number of amides is 1. The summed E-state index contributed by atoms with van der Waals surface area (Å²) in [6.07, 6.45) is -1.42. The number of halogens is 1. The number of nitrogens with two attached hydrogens (primary N) is 1. The largest absolute Gasteiger partial charge is 0.460 e. The van der Waals surface area contributed by atoms with Gasteiger partial charge >= 0.3 is 0 Å². The smallest absolute Gasteiger partial charge is 0.266 e. The van der Waals surface area contributed by atoms with Gasteiger partial charge in [-0.25, -0.2) is 9.38 Å². The highest BCUT2D eigenvalue weighted by molar-refractivity contribution is 6.09. The first-order chi connectivity index (χ1) is 13.8. The number of nitrogens with one attached hydrogen (secondary N) is 1. The molecule has 2 aliphatic rings. The van der Waals surface area contributed by atoms with Crippen LogP contribution in [0.3, 0.4) is 0 Å². The summed E-state index contributed by atoms with van der Waals surface area (Å²) in [5.74, 6) is 0.807. The monoisotopic (exact) mass is 396 g/mol. The molecule has 1 amide bonds. The van der Waals surface area contributed by atoms with Crippen molar-refractivity contribution in [1.29, 1.82) is 0 Å². The lowest BCUT2D eigenvalue weighted by molar-refractivity contribution is -0.129. The van der Waals surface area contributed by atoms with Crippen molar-refractivity contribution >= 4 is 11.9 Å². The normalized spacial score (nSPS) is 23.0. The molecule has 1 fully saturated rings. The summed E-state index contributed by atoms with van der Waals surface area (Å²) < 4.78 is 18.5. The number of aliphatic imine (C=N–C) groups is 1. The van der Waals surface area contributed by atoms with Crippen LogP contribution in [0.2, 0.25) is 0 Å². The second-order valence-corrected chi connectivity index (χ2v) is 7.67. The number of benzene rings is 2. The van der Waals surface area contributed by atoms with Gasteiger partial charge in [0.1, 0.15) is 5.75 Å². The summed E-state index contributed by atoms with van der Waals surface area (Å²) in [6.45, 7) is 4.99. The fraction of sp³-hybridized carbons (Fsp3) is 0.364. The minimum absolute atomic E-state index is 0.168. The van der Waals surface area contributed by atoms with E-state index >= 15 is 0 Å². The summed E-state index contributed by atoms with van der Waals surface area (Å²) >= 11 is 0. The fourth-order valence-corrected chi connectivity index (χ4v) is 3.91. The Morgan fingerprint density at radius 1 is 1.28 bits per heavy atom. The van der Waals surface area contributed by atoms with Crippen molar-refractivity contribution in [3.05, 3.63) is 64.7 Å². The van der Waals surface area contributed by atoms with Crippen molar-refractivity contribution in [2.24, 2.45) is 10.7 Å². The summed E-state index contributed by atoms with van der Waals surface area (Å²) in [6, 6.07) is 13.2. The number of likely N-dealkylation sites (N-methyl/N-ethyl adjacent to an activating group) is 1. The van der Waals surface area contributed by atoms with Gasteiger partial charge in [-0.05, 0) is 41.3 Å². The van der Waals surface area contributed by atoms with Crippen LogP contribution in [0.5, 0.6) is 5.75 Å². The first kappa shape index (κ1) is 19.4. The molecule has 0 bridgehead atoms. The van der Waals surface area contributed by atoms with Crippen molar-refractivity contribution in [2.45, 2.75) is 31.7 Å². The van der Waals surface area contributed by atoms with Crippen LogP contribution in [-0.4, -0.2) is 43.3 Å². The fourth-order valence-electron chi connectivity index (χ4n) is 3.91. The van der Waals surface area contributed by atoms with Gasteiger partial charge in [0, 0.05) is 33.0 Å². The van der Waals surface area contributed by atoms with Gasteiger partial charge in [0.2, 0.25) is 6.36 Å². The van der Waals surface area contributed by atoms with Gasteiger partial charge < -0.3 is 15.8 Å². The molecule has 4 rings (SSSR count). The van der Waals surface area contributed by atoms with Crippen LogP contribution >= 0.6 is 0 Å². The maximum atomic E-state index is 13.4. The lowest BCUT2D eigenvalue weighted by Gasteiger charge is -2.30. The number of hydrogen-bond donors (Lipinski definition) is 2. The van der Waals surface area contributed by atoms with E-state index in [-0.39, 0.29) is 11.9 Å². The van der Waals surface area contributed by atoms with Crippen LogP contribution in [0, 0.1) is 6.92 Å². The van der Waals surface area contributed by atoms with Crippen LogP contribution in [0.25, 0.3) is 0 Å². The number of alkyl halides is 1. The average molecular weight is 396 g/mol. The standard InChI is InChI=1S/C22H25FN4O2/c1-13-9-18(7-8-19(13)29-14(2)23)22(20(28)27(3)21(24)26-22)17-6-4-5-15(10-17)16-11-25-12-16/h4-10,14,16,25H,11-12H2,1-3H3,(H2,24,26). The zero-order chi connectivity index (χ0) is 20.8. The Balaban J connectivity index is 1.86. The van der Waals surface area contributed by atoms with Crippen molar-refractivity contribution < 1.29 is 13.9 Å². The molecule has 7 heteroatoms. The number of carbonyl (C=O) groups is 1. The highest BCUT2D eigenvalue weighted by atomic mass is 19.1. The molecule has 0 spiro atoms. The third kappa shape index (κ3) is 3.15. The first-order valence-corrected chi connectivity index (χ1v) is 9.69. The maximum absolute atomic E-state index is 13.4. The third-order valence-corrected chi connectivity index (χ3v) is 5.68. The SMILES string of the molecule is Cc1cc(C2(c3cccc(C4CNC4)c3)N=C(N)N(C)C2=O)ccc1OC(C)F. The van der Waals surface area contributed by atoms with Gasteiger partial charge in [-0.3, -0.25) is 9.69 Å². The highest BCUT2D eigenvalue weighted by Gasteiger charge is 2.49. The molecule has 1 saturated heterocycles. The van der Waals surface area contributed by atoms with E-state index in [9.17, 15) is 9.18 Å². The third-order valence-electron chi connectivity index (χ3n) is 5.68. The Labute approximate surface area is 169 Å². The second-order valence-electron chi connectivity index (χ2n) is 7.67. The molecule has 0 radical (unpaired) electrons. The first-order valence-electron chi connectivity index (χ1n) is 9.69. The zero-order valence-electron chi connectivity index (χ0n) is 16.8. The number of guanidine groups is 1. The molecular weight excluding hydrogens is 371 g/mol. The summed E-state index contributed by atoms with van der Waals surface area (Å²) in [5, 5.41) is 3.27. The molecule has 3 N–H and O–H groups in total. The molecule has 6 nitrogen and oxygen atoms in total. The zero-order valence-corrected chi connectivity index (χ0v) is 16.8. The summed E-state index contributed by atoms with van der Waals surface area (Å²) in [4.78, 5) is 19.4. The molecule has 152 valence electrons. The number of carbonyl (C=O) groups excluding carboxylic acids is 1. The van der Waals surface area contributed by atoms with E-state index in [1.807, 2.05) is 31.2 Å². The quantitative estimate of drug-likeness (QED) is 0.813. The lowest BCUT2D eigenvalue weighted by Crippen LogP contribution is -2.42. The minimum atomic E-state index is -1.42. The Kier molecular flexibility index (Phi) is 4.78. The van der Waals surface area contributed by atoms with Crippen molar-refractivity contribution in [2.75, 3.05) is 20.1 Å². The molecule has 2 heterocycles. The molecule has 0 aromatic heterocycles. The van der Waals surface area contributed by atoms with Gasteiger partial charge in [-0.1, -0.05) is 30.3 Å². The Morgan fingerprint density at radius 2 is 2.00 bits per heavy atom. The van der Waals surface area contributed by atoms with Gasteiger partial charge in [-0.2, -0.15) is 0 Å². The number of ether oxygens (including phenoxy) is 1. The molecule has 0 saturated carbocycles. The molecule has 2 aromatic rings. The predicted octanol–water partition coefficient (Wildman–Crippen LogP) is 2.41. The predicted molar refractivity (Wildman–Crippen MR) is 110 cm³/mol. The van der Waals surface area contributed by atoms with Crippen molar-refractivity contribution in [3.63, 3.8) is 0 Å². The van der Waals surface area contributed by atoms with Crippen LogP contribution < -0.4 is 15.8 Å². The Hall–Kier alpha value is -2.93. The van der Waals surface area contributed by atoms with Gasteiger partial charge in [0.25, 0.3) is 5.91 Å². The van der Waals surface area contributed by atoms with Crippen LogP contribution in [0.1, 0.15) is 35.1 Å². The number of aryl methyl sites for hydroxylation is 1. The average Bonchev–Trinajstić information content (AvgIpc) is 2.87. The van der Waals surface area contributed by atoms with E-state index < -0.39 is 11.9 Å². The van der Waals surface area contributed by atoms with E-state index in [1.54, 1.807) is 19.2 Å². The van der Waals surface area contributed by atoms with E-state index in [4.69, 9.17) is 10.5 Å². The Bertz CT molecular complexity index is 987. The molecule has 2 unspecified atom stereocenters. The van der Waals surface area contributed by atoms with E-state index in [2.05, 4.69) is 16.4 Å². The molecule has 29 heavy (non-hydrogen) atoms. The van der Waals surface area contributed by atoms with Crippen LogP contribution in [0.15, 0.2) is 47.5 Å². The summed E-state index contributed by atoms with van der Waals surface area (Å²) in [5.41, 5.74) is 8.13. The van der Waals surface area contributed by atoms with E-state index in [1.165, 1.54) is 17.4 Å².